The minimum Gasteiger partial charge on any atom is -0.504 e. The third-order valence-corrected chi connectivity index (χ3v) is 6.28. The number of alkyl halides is 3. The number of tetrazole rings is 1. The van der Waals surface area contributed by atoms with Crippen LogP contribution in [0.15, 0.2) is 66.7 Å². The number of carbonyl (C=O) groups excluding carboxylic acids is 2. The Balaban J connectivity index is 1.84. The predicted octanol–water partition coefficient (Wildman–Crippen LogP) is 5.07. The maximum atomic E-state index is 14.0. The van der Waals surface area contributed by atoms with E-state index in [9.17, 15) is 27.9 Å². The van der Waals surface area contributed by atoms with Crippen molar-refractivity contribution in [1.29, 1.82) is 0 Å². The van der Waals surface area contributed by atoms with Crippen LogP contribution in [0.2, 0.25) is 0 Å². The van der Waals surface area contributed by atoms with E-state index in [2.05, 4.69) is 20.7 Å². The van der Waals surface area contributed by atoms with Gasteiger partial charge >= 0.3 is 6.18 Å². The Morgan fingerprint density at radius 2 is 1.74 bits per heavy atom. The SMILES string of the molecule is COc1cc([C@H](C(=O)NC(C)(C)C)N(C(=O)Cn2nnc(-c3ccc(C)cc3)n2)c2cccc(C(F)(F)F)c2)ccc1O. The molecule has 0 unspecified atom stereocenters. The number of ether oxygens (including phenoxy) is 1. The molecule has 4 rings (SSSR count). The van der Waals surface area contributed by atoms with Gasteiger partial charge in [-0.15, -0.1) is 10.2 Å². The standard InChI is InChI=1S/C30H31F3N6O4/c1-18-9-11-19(12-10-18)27-35-37-38(36-27)17-25(41)39(22-8-6-7-21(16-22)30(31,32)33)26(28(42)34-29(2,3)4)20-13-14-23(40)24(15-20)43-5/h6-16,26,40H,17H2,1-5H3,(H,34,42)/t26-/m1/s1. The topological polar surface area (TPSA) is 122 Å². The number of methoxy groups -OCH3 is 1. The maximum absolute atomic E-state index is 14.0. The summed E-state index contributed by atoms with van der Waals surface area (Å²) in [4.78, 5) is 29.8. The predicted molar refractivity (Wildman–Crippen MR) is 152 cm³/mol. The molecule has 2 N–H and O–H groups in total. The molecule has 43 heavy (non-hydrogen) atoms. The molecule has 2 amide bonds. The minimum absolute atomic E-state index is 0.00295. The number of aromatic nitrogens is 4. The van der Waals surface area contributed by atoms with Gasteiger partial charge in [-0.05, 0) is 68.8 Å². The highest BCUT2D eigenvalue weighted by Gasteiger charge is 2.37. The van der Waals surface area contributed by atoms with Crippen LogP contribution in [0.25, 0.3) is 11.4 Å². The molecule has 0 aliphatic rings. The van der Waals surface area contributed by atoms with Crippen molar-refractivity contribution < 1.29 is 32.6 Å². The number of hydrogen-bond donors (Lipinski definition) is 2. The van der Waals surface area contributed by atoms with Crippen molar-refractivity contribution in [3.05, 3.63) is 83.4 Å². The normalized spacial score (nSPS) is 12.5. The van der Waals surface area contributed by atoms with Crippen LogP contribution in [-0.2, 0) is 22.3 Å². The van der Waals surface area contributed by atoms with Gasteiger partial charge in [-0.2, -0.15) is 18.0 Å². The number of phenols is 1. The first-order valence-corrected chi connectivity index (χ1v) is 13.2. The number of aromatic hydroxyl groups is 1. The molecule has 10 nitrogen and oxygen atoms in total. The molecule has 1 aromatic heterocycles. The van der Waals surface area contributed by atoms with Gasteiger partial charge in [0.25, 0.3) is 5.91 Å². The summed E-state index contributed by atoms with van der Waals surface area (Å²) in [7, 11) is 1.31. The number of nitrogens with one attached hydrogen (secondary N) is 1. The van der Waals surface area contributed by atoms with Crippen LogP contribution < -0.4 is 15.0 Å². The van der Waals surface area contributed by atoms with Crippen molar-refractivity contribution in [3.63, 3.8) is 0 Å². The molecule has 0 aliphatic carbocycles. The van der Waals surface area contributed by atoms with Gasteiger partial charge in [0.1, 0.15) is 12.6 Å². The van der Waals surface area contributed by atoms with E-state index >= 15 is 0 Å². The largest absolute Gasteiger partial charge is 0.504 e. The van der Waals surface area contributed by atoms with Crippen LogP contribution in [0.1, 0.15) is 43.5 Å². The zero-order valence-electron chi connectivity index (χ0n) is 24.2. The maximum Gasteiger partial charge on any atom is 0.416 e. The summed E-state index contributed by atoms with van der Waals surface area (Å²) >= 11 is 0. The first-order valence-electron chi connectivity index (χ1n) is 13.2. The summed E-state index contributed by atoms with van der Waals surface area (Å²) in [5.74, 6) is -1.47. The summed E-state index contributed by atoms with van der Waals surface area (Å²) in [5.41, 5.74) is -0.128. The third kappa shape index (κ3) is 7.48. The Bertz CT molecular complexity index is 1610. The van der Waals surface area contributed by atoms with Gasteiger partial charge < -0.3 is 15.2 Å². The summed E-state index contributed by atoms with van der Waals surface area (Å²) < 4.78 is 46.5. The molecule has 1 heterocycles. The van der Waals surface area contributed by atoms with Crippen LogP contribution in [-0.4, -0.2) is 49.8 Å². The van der Waals surface area contributed by atoms with Crippen LogP contribution in [0, 0.1) is 6.92 Å². The highest BCUT2D eigenvalue weighted by atomic mass is 19.4. The fraction of sp³-hybridized carbons (Fsp3) is 0.300. The monoisotopic (exact) mass is 596 g/mol. The van der Waals surface area contributed by atoms with Crippen LogP contribution >= 0.6 is 0 Å². The number of nitrogens with zero attached hydrogens (tertiary/aromatic N) is 5. The molecule has 0 spiro atoms. The Morgan fingerprint density at radius 1 is 1.05 bits per heavy atom. The van der Waals surface area contributed by atoms with Crippen LogP contribution in [0.5, 0.6) is 11.5 Å². The zero-order valence-corrected chi connectivity index (χ0v) is 24.2. The van der Waals surface area contributed by atoms with Crippen molar-refractivity contribution in [2.45, 2.75) is 52.0 Å². The number of phenolic OH excluding ortho intramolecular Hbond substituents is 1. The fourth-order valence-corrected chi connectivity index (χ4v) is 4.31. The van der Waals surface area contributed by atoms with E-state index in [1.54, 1.807) is 32.9 Å². The number of amides is 2. The molecule has 0 saturated heterocycles. The lowest BCUT2D eigenvalue weighted by Crippen LogP contribution is -2.50. The second-order valence-corrected chi connectivity index (χ2v) is 10.9. The summed E-state index contributed by atoms with van der Waals surface area (Å²) in [6.45, 7) is 6.54. The molecule has 3 aromatic carbocycles. The van der Waals surface area contributed by atoms with Gasteiger partial charge in [0.2, 0.25) is 11.7 Å². The quantitative estimate of drug-likeness (QED) is 0.291. The highest BCUT2D eigenvalue weighted by molar-refractivity contribution is 6.01. The highest BCUT2D eigenvalue weighted by Crippen LogP contribution is 2.37. The number of anilines is 1. The van der Waals surface area contributed by atoms with Crippen molar-refractivity contribution in [3.8, 4) is 22.9 Å². The molecule has 0 radical (unpaired) electrons. The molecule has 4 aromatic rings. The van der Waals surface area contributed by atoms with E-state index < -0.39 is 41.7 Å². The molecule has 0 aliphatic heterocycles. The number of rotatable bonds is 8. The fourth-order valence-electron chi connectivity index (χ4n) is 4.31. The van der Waals surface area contributed by atoms with Gasteiger partial charge in [0.15, 0.2) is 11.5 Å². The van der Waals surface area contributed by atoms with E-state index in [0.717, 1.165) is 33.5 Å². The van der Waals surface area contributed by atoms with E-state index in [1.165, 1.54) is 31.4 Å². The Hall–Kier alpha value is -4.94. The van der Waals surface area contributed by atoms with E-state index in [1.807, 2.05) is 19.1 Å². The van der Waals surface area contributed by atoms with E-state index in [-0.39, 0.29) is 28.6 Å². The van der Waals surface area contributed by atoms with Crippen molar-refractivity contribution in [2.24, 2.45) is 0 Å². The molecule has 1 atom stereocenters. The molecule has 13 heteroatoms. The molecular weight excluding hydrogens is 565 g/mol. The number of benzene rings is 3. The summed E-state index contributed by atoms with van der Waals surface area (Å²) in [6, 6.07) is 13.9. The van der Waals surface area contributed by atoms with Gasteiger partial charge in [0.05, 0.1) is 12.7 Å². The number of hydrogen-bond acceptors (Lipinski definition) is 7. The smallest absolute Gasteiger partial charge is 0.416 e. The van der Waals surface area contributed by atoms with Gasteiger partial charge in [-0.1, -0.05) is 42.0 Å². The molecule has 0 saturated carbocycles. The lowest BCUT2D eigenvalue weighted by molar-refractivity contribution is -0.137. The van der Waals surface area contributed by atoms with Crippen LogP contribution in [0.4, 0.5) is 18.9 Å². The average Bonchev–Trinajstić information content (AvgIpc) is 3.39. The number of aryl methyl sites for hydroxylation is 1. The first-order chi connectivity index (χ1) is 20.2. The molecule has 226 valence electrons. The van der Waals surface area contributed by atoms with E-state index in [4.69, 9.17) is 4.74 Å². The minimum atomic E-state index is -4.72. The summed E-state index contributed by atoms with van der Waals surface area (Å²) in [5, 5.41) is 25.2. The first kappa shape index (κ1) is 31.0. The second-order valence-electron chi connectivity index (χ2n) is 10.9. The van der Waals surface area contributed by atoms with Gasteiger partial charge in [-0.3, -0.25) is 14.5 Å². The average molecular weight is 597 g/mol. The number of carbonyl (C=O) groups is 2. The van der Waals surface area contributed by atoms with Crippen molar-refractivity contribution >= 4 is 17.5 Å². The molecular formula is C30H31F3N6O4. The third-order valence-electron chi connectivity index (χ3n) is 6.28. The lowest BCUT2D eigenvalue weighted by Gasteiger charge is -2.34. The zero-order chi connectivity index (χ0) is 31.5. The van der Waals surface area contributed by atoms with E-state index in [0.29, 0.717) is 5.56 Å². The van der Waals surface area contributed by atoms with Gasteiger partial charge in [-0.25, -0.2) is 0 Å². The molecule has 0 fully saturated rings. The van der Waals surface area contributed by atoms with Gasteiger partial charge in [0, 0.05) is 16.8 Å². The Kier molecular flexibility index (Phi) is 8.74. The number of halogens is 3. The Morgan fingerprint density at radius 3 is 2.37 bits per heavy atom. The molecule has 0 bridgehead atoms. The van der Waals surface area contributed by atoms with Crippen molar-refractivity contribution in [1.82, 2.24) is 25.5 Å². The van der Waals surface area contributed by atoms with Crippen LogP contribution in [0.3, 0.4) is 0 Å². The Labute approximate surface area is 246 Å². The lowest BCUT2D eigenvalue weighted by atomic mass is 9.99. The van der Waals surface area contributed by atoms with Crippen molar-refractivity contribution in [2.75, 3.05) is 12.0 Å². The second kappa shape index (κ2) is 12.1. The summed E-state index contributed by atoms with van der Waals surface area (Å²) in [6.07, 6.45) is -4.72.